The molecule has 0 saturated heterocycles. The van der Waals surface area contributed by atoms with E-state index in [2.05, 4.69) is 26.8 Å². The second-order valence-corrected chi connectivity index (χ2v) is 6.77. The predicted molar refractivity (Wildman–Crippen MR) is 100 cm³/mol. The van der Waals surface area contributed by atoms with Crippen LogP contribution in [0.15, 0.2) is 46.9 Å². The van der Waals surface area contributed by atoms with Gasteiger partial charge in [0.2, 0.25) is 5.91 Å². The summed E-state index contributed by atoms with van der Waals surface area (Å²) in [5.74, 6) is -0.141. The van der Waals surface area contributed by atoms with Gasteiger partial charge in [-0.25, -0.2) is 0 Å². The molecule has 0 saturated carbocycles. The number of aryl methyl sites for hydroxylation is 2. The third kappa shape index (κ3) is 5.90. The van der Waals surface area contributed by atoms with Gasteiger partial charge in [0, 0.05) is 4.47 Å². The lowest BCUT2D eigenvalue weighted by atomic mass is 10.0. The molecule has 2 aromatic rings. The van der Waals surface area contributed by atoms with Gasteiger partial charge < -0.3 is 4.74 Å². The molecule has 2 rings (SSSR count). The van der Waals surface area contributed by atoms with E-state index in [0.717, 1.165) is 15.6 Å². The molecule has 0 heterocycles. The van der Waals surface area contributed by atoms with Crippen molar-refractivity contribution in [3.8, 4) is 5.75 Å². The maximum atomic E-state index is 12.0. The molecule has 5 nitrogen and oxygen atoms in total. The van der Waals surface area contributed by atoms with Crippen molar-refractivity contribution in [1.82, 2.24) is 10.9 Å². The number of benzene rings is 2. The molecule has 0 unspecified atom stereocenters. The van der Waals surface area contributed by atoms with Crippen molar-refractivity contribution in [3.63, 3.8) is 0 Å². The average molecular weight is 405 g/mol. The Morgan fingerprint density at radius 2 is 1.84 bits per heavy atom. The maximum absolute atomic E-state index is 12.0. The average Bonchev–Trinajstić information content (AvgIpc) is 2.56. The second kappa shape index (κ2) is 8.67. The van der Waals surface area contributed by atoms with Crippen LogP contribution < -0.4 is 15.6 Å². The van der Waals surface area contributed by atoms with Crippen LogP contribution in [0.1, 0.15) is 23.6 Å². The summed E-state index contributed by atoms with van der Waals surface area (Å²) in [5.41, 5.74) is 8.01. The molecule has 0 aliphatic carbocycles. The molecular formula is C19H21BrN2O3. The summed E-state index contributed by atoms with van der Waals surface area (Å²) in [6.45, 7) is 5.64. The number of hydrazine groups is 1. The van der Waals surface area contributed by atoms with Gasteiger partial charge in [-0.05, 0) is 55.7 Å². The number of halogens is 1. The van der Waals surface area contributed by atoms with Crippen LogP contribution in [0.4, 0.5) is 0 Å². The summed E-state index contributed by atoms with van der Waals surface area (Å²) >= 11 is 3.34. The molecule has 0 fully saturated rings. The van der Waals surface area contributed by atoms with Crippen LogP contribution in [0, 0.1) is 13.8 Å². The van der Waals surface area contributed by atoms with E-state index < -0.39 is 12.0 Å². The van der Waals surface area contributed by atoms with Crippen LogP contribution in [0.25, 0.3) is 0 Å². The van der Waals surface area contributed by atoms with Gasteiger partial charge in [0.05, 0.1) is 6.42 Å². The van der Waals surface area contributed by atoms with Gasteiger partial charge in [0.15, 0.2) is 6.10 Å². The number of nitrogens with one attached hydrogen (secondary N) is 2. The first kappa shape index (κ1) is 19.0. The number of carbonyl (C=O) groups is 2. The third-order valence-corrected chi connectivity index (χ3v) is 4.23. The van der Waals surface area contributed by atoms with Gasteiger partial charge in [-0.2, -0.15) is 0 Å². The van der Waals surface area contributed by atoms with Gasteiger partial charge in [0.1, 0.15) is 5.75 Å². The minimum Gasteiger partial charge on any atom is -0.481 e. The smallest absolute Gasteiger partial charge is 0.279 e. The normalized spacial score (nSPS) is 11.5. The number of rotatable bonds is 5. The Labute approximate surface area is 155 Å². The number of ether oxygens (including phenoxy) is 1. The van der Waals surface area contributed by atoms with Crippen molar-refractivity contribution in [2.75, 3.05) is 0 Å². The molecule has 0 aliphatic rings. The molecular weight excluding hydrogens is 384 g/mol. The number of amides is 2. The van der Waals surface area contributed by atoms with Crippen molar-refractivity contribution < 1.29 is 14.3 Å². The lowest BCUT2D eigenvalue weighted by molar-refractivity contribution is -0.132. The Hall–Kier alpha value is -2.34. The largest absolute Gasteiger partial charge is 0.481 e. The second-order valence-electron chi connectivity index (χ2n) is 5.85. The van der Waals surface area contributed by atoms with Gasteiger partial charge in [0.25, 0.3) is 5.91 Å². The first-order chi connectivity index (χ1) is 11.8. The molecule has 2 aromatic carbocycles. The van der Waals surface area contributed by atoms with Crippen LogP contribution in [0.5, 0.6) is 5.75 Å². The zero-order chi connectivity index (χ0) is 18.4. The van der Waals surface area contributed by atoms with E-state index in [1.54, 1.807) is 19.1 Å². The molecule has 0 bridgehead atoms. The van der Waals surface area contributed by atoms with Crippen molar-refractivity contribution >= 4 is 27.7 Å². The van der Waals surface area contributed by atoms with Crippen LogP contribution in [0.3, 0.4) is 0 Å². The third-order valence-electron chi connectivity index (χ3n) is 3.74. The maximum Gasteiger partial charge on any atom is 0.279 e. The number of carbonyl (C=O) groups excluding carboxylic acids is 2. The highest BCUT2D eigenvalue weighted by atomic mass is 79.9. The highest BCUT2D eigenvalue weighted by Gasteiger charge is 2.15. The standard InChI is InChI=1S/C19H21BrN2O3/c1-12-7-8-15(9-13(12)2)10-18(23)21-22-19(24)14(3)25-17-6-4-5-16(20)11-17/h4-9,11,14H,10H2,1-3H3,(H,21,23)(H,22,24)/t14-/m1/s1. The van der Waals surface area contributed by atoms with Gasteiger partial charge in [-0.1, -0.05) is 40.2 Å². The predicted octanol–water partition coefficient (Wildman–Crippen LogP) is 3.22. The van der Waals surface area contributed by atoms with E-state index in [9.17, 15) is 9.59 Å². The topological polar surface area (TPSA) is 67.4 Å². The zero-order valence-corrected chi connectivity index (χ0v) is 16.0. The minimum absolute atomic E-state index is 0.197. The van der Waals surface area contributed by atoms with Gasteiger partial charge in [-0.15, -0.1) is 0 Å². The van der Waals surface area contributed by atoms with Crippen molar-refractivity contribution in [2.45, 2.75) is 33.3 Å². The Morgan fingerprint density at radius 3 is 2.52 bits per heavy atom. The number of hydrogen-bond acceptors (Lipinski definition) is 3. The van der Waals surface area contributed by atoms with E-state index in [4.69, 9.17) is 4.74 Å². The van der Waals surface area contributed by atoms with Crippen LogP contribution in [0.2, 0.25) is 0 Å². The summed E-state index contributed by atoms with van der Waals surface area (Å²) < 4.78 is 6.40. The quantitative estimate of drug-likeness (QED) is 0.751. The Morgan fingerprint density at radius 1 is 1.08 bits per heavy atom. The Balaban J connectivity index is 1.82. The van der Waals surface area contributed by atoms with Crippen molar-refractivity contribution in [2.24, 2.45) is 0 Å². The molecule has 0 aliphatic heterocycles. The molecule has 132 valence electrons. The molecule has 2 amide bonds. The highest BCUT2D eigenvalue weighted by Crippen LogP contribution is 2.18. The van der Waals surface area contributed by atoms with Crippen LogP contribution >= 0.6 is 15.9 Å². The fourth-order valence-corrected chi connectivity index (χ4v) is 2.55. The van der Waals surface area contributed by atoms with Gasteiger partial charge in [-0.3, -0.25) is 20.4 Å². The van der Waals surface area contributed by atoms with E-state index in [-0.39, 0.29) is 12.3 Å². The SMILES string of the molecule is Cc1ccc(CC(=O)NNC(=O)[C@@H](C)Oc2cccc(Br)c2)cc1C. The highest BCUT2D eigenvalue weighted by molar-refractivity contribution is 9.10. The zero-order valence-electron chi connectivity index (χ0n) is 14.4. The fraction of sp³-hybridized carbons (Fsp3) is 0.263. The monoisotopic (exact) mass is 404 g/mol. The Bertz CT molecular complexity index is 777. The van der Waals surface area contributed by atoms with Crippen molar-refractivity contribution in [3.05, 3.63) is 63.6 Å². The van der Waals surface area contributed by atoms with Crippen LogP contribution in [-0.2, 0) is 16.0 Å². The number of hydrogen-bond donors (Lipinski definition) is 2. The summed E-state index contributed by atoms with van der Waals surface area (Å²) in [7, 11) is 0. The molecule has 6 heteroatoms. The van der Waals surface area contributed by atoms with E-state index >= 15 is 0 Å². The molecule has 2 N–H and O–H groups in total. The van der Waals surface area contributed by atoms with Gasteiger partial charge >= 0.3 is 0 Å². The minimum atomic E-state index is -0.740. The lowest BCUT2D eigenvalue weighted by Gasteiger charge is -2.15. The first-order valence-corrected chi connectivity index (χ1v) is 8.71. The lowest BCUT2D eigenvalue weighted by Crippen LogP contribution is -2.47. The molecule has 0 radical (unpaired) electrons. The summed E-state index contributed by atoms with van der Waals surface area (Å²) in [6, 6.07) is 13.1. The first-order valence-electron chi connectivity index (χ1n) is 7.92. The van der Waals surface area contributed by atoms with Crippen molar-refractivity contribution in [1.29, 1.82) is 0 Å². The van der Waals surface area contributed by atoms with E-state index in [1.807, 2.05) is 44.2 Å². The summed E-state index contributed by atoms with van der Waals surface area (Å²) in [5, 5.41) is 0. The summed E-state index contributed by atoms with van der Waals surface area (Å²) in [4.78, 5) is 24.0. The molecule has 0 aromatic heterocycles. The Kier molecular flexibility index (Phi) is 6.58. The molecule has 1 atom stereocenters. The summed E-state index contributed by atoms with van der Waals surface area (Å²) in [6.07, 6.45) is -0.543. The molecule has 25 heavy (non-hydrogen) atoms. The van der Waals surface area contributed by atoms with E-state index in [0.29, 0.717) is 5.75 Å². The van der Waals surface area contributed by atoms with E-state index in [1.165, 1.54) is 5.56 Å². The fourth-order valence-electron chi connectivity index (χ4n) is 2.17. The van der Waals surface area contributed by atoms with Crippen LogP contribution in [-0.4, -0.2) is 17.9 Å². The molecule has 0 spiro atoms.